The van der Waals surface area contributed by atoms with Crippen molar-refractivity contribution in [2.24, 2.45) is 0 Å². The molecule has 0 aliphatic heterocycles. The Morgan fingerprint density at radius 3 is 1.41 bits per heavy atom. The third-order valence-corrected chi connectivity index (χ3v) is 8.67. The molecule has 0 unspecified atom stereocenters. The number of carbonyl (C=O) groups excluding carboxylic acids is 1. The fraction of sp³-hybridized carbons (Fsp3) is 0.720. The van der Waals surface area contributed by atoms with Crippen LogP contribution in [0.5, 0.6) is 0 Å². The minimum Gasteiger partial charge on any atom is -0.298 e. The molecular formula is C25H42OS3. The number of carbonyl (C=O) groups is 1. The Labute approximate surface area is 193 Å². The number of unbranched alkanes of at least 4 members (excludes halogenated alkanes) is 9. The highest BCUT2D eigenvalue weighted by Gasteiger charge is 2.13. The van der Waals surface area contributed by atoms with Crippen LogP contribution in [0, 0.1) is 0 Å². The smallest absolute Gasteiger partial charge is 0.150 e. The fourth-order valence-corrected chi connectivity index (χ4v) is 6.93. The largest absolute Gasteiger partial charge is 0.298 e. The van der Waals surface area contributed by atoms with Crippen molar-refractivity contribution in [3.8, 4) is 0 Å². The number of hydrogen-bond donors (Lipinski definition) is 0. The van der Waals surface area contributed by atoms with Crippen molar-refractivity contribution in [3.05, 3.63) is 17.7 Å². The molecule has 0 amide bonds. The summed E-state index contributed by atoms with van der Waals surface area (Å²) in [5, 5.41) is 0. The maximum Gasteiger partial charge on any atom is 0.150 e. The van der Waals surface area contributed by atoms with Crippen molar-refractivity contribution in [3.63, 3.8) is 0 Å². The van der Waals surface area contributed by atoms with E-state index in [-0.39, 0.29) is 0 Å². The van der Waals surface area contributed by atoms with Crippen LogP contribution in [0.3, 0.4) is 0 Å². The summed E-state index contributed by atoms with van der Waals surface area (Å²) in [6.45, 7) is 6.79. The van der Waals surface area contributed by atoms with Gasteiger partial charge in [-0.25, -0.2) is 0 Å². The van der Waals surface area contributed by atoms with Crippen molar-refractivity contribution < 1.29 is 4.79 Å². The van der Waals surface area contributed by atoms with Crippen LogP contribution < -0.4 is 0 Å². The molecule has 0 N–H and O–H groups in total. The molecule has 1 aromatic rings. The van der Waals surface area contributed by atoms with Gasteiger partial charge in [0.05, 0.1) is 0 Å². The number of thioether (sulfide) groups is 3. The van der Waals surface area contributed by atoms with E-state index in [1.165, 1.54) is 97.5 Å². The topological polar surface area (TPSA) is 17.1 Å². The molecule has 0 aliphatic carbocycles. The third kappa shape index (κ3) is 12.4. The maximum atomic E-state index is 11.6. The predicted octanol–water partition coefficient (Wildman–Crippen LogP) is 9.52. The summed E-state index contributed by atoms with van der Waals surface area (Å²) in [7, 11) is 0. The molecule has 166 valence electrons. The Morgan fingerprint density at radius 2 is 1.03 bits per heavy atom. The van der Waals surface area contributed by atoms with Crippen LogP contribution >= 0.6 is 35.3 Å². The van der Waals surface area contributed by atoms with E-state index in [9.17, 15) is 4.79 Å². The zero-order valence-electron chi connectivity index (χ0n) is 19.0. The molecular weight excluding hydrogens is 412 g/mol. The van der Waals surface area contributed by atoms with Crippen molar-refractivity contribution in [2.75, 3.05) is 17.3 Å². The van der Waals surface area contributed by atoms with Crippen molar-refractivity contribution in [2.45, 2.75) is 113 Å². The SMILES string of the molecule is CCCCCCSc1cc(C=O)cc(SCCCCCC)c1SCCCCCC. The number of aldehydes is 1. The van der Waals surface area contributed by atoms with E-state index in [0.717, 1.165) is 23.4 Å². The van der Waals surface area contributed by atoms with Gasteiger partial charge in [-0.1, -0.05) is 78.6 Å². The van der Waals surface area contributed by atoms with Crippen LogP contribution in [0.4, 0.5) is 0 Å². The lowest BCUT2D eigenvalue weighted by molar-refractivity contribution is 0.112. The van der Waals surface area contributed by atoms with Gasteiger partial charge in [-0.05, 0) is 48.7 Å². The lowest BCUT2D eigenvalue weighted by Gasteiger charge is -2.15. The highest BCUT2D eigenvalue weighted by Crippen LogP contribution is 2.40. The Bertz CT molecular complexity index is 510. The van der Waals surface area contributed by atoms with Crippen LogP contribution in [-0.4, -0.2) is 23.5 Å². The molecule has 0 saturated heterocycles. The average molecular weight is 455 g/mol. The van der Waals surface area contributed by atoms with Crippen LogP contribution in [0.1, 0.15) is 108 Å². The highest BCUT2D eigenvalue weighted by atomic mass is 32.2. The molecule has 0 radical (unpaired) electrons. The second kappa shape index (κ2) is 18.7. The van der Waals surface area contributed by atoms with Gasteiger partial charge in [0.25, 0.3) is 0 Å². The van der Waals surface area contributed by atoms with Crippen molar-refractivity contribution in [1.29, 1.82) is 0 Å². The second-order valence-corrected chi connectivity index (χ2v) is 11.1. The normalized spacial score (nSPS) is 11.1. The first kappa shape index (κ1) is 27.0. The molecule has 0 spiro atoms. The molecule has 0 aliphatic rings. The van der Waals surface area contributed by atoms with E-state index < -0.39 is 0 Å². The zero-order chi connectivity index (χ0) is 21.2. The molecule has 0 aromatic heterocycles. The Morgan fingerprint density at radius 1 is 0.621 bits per heavy atom. The van der Waals surface area contributed by atoms with E-state index in [1.807, 2.05) is 35.3 Å². The monoisotopic (exact) mass is 454 g/mol. The van der Waals surface area contributed by atoms with Crippen molar-refractivity contribution in [1.82, 2.24) is 0 Å². The second-order valence-electron chi connectivity index (χ2n) is 7.69. The molecule has 4 heteroatoms. The summed E-state index contributed by atoms with van der Waals surface area (Å²) < 4.78 is 0. The summed E-state index contributed by atoms with van der Waals surface area (Å²) in [6.07, 6.45) is 16.6. The first-order valence-corrected chi connectivity index (χ1v) is 14.7. The Hall–Kier alpha value is -0.0600. The van der Waals surface area contributed by atoms with Gasteiger partial charge >= 0.3 is 0 Å². The van der Waals surface area contributed by atoms with Gasteiger partial charge in [-0.3, -0.25) is 4.79 Å². The molecule has 0 fully saturated rings. The maximum absolute atomic E-state index is 11.6. The van der Waals surface area contributed by atoms with Gasteiger partial charge in [0.15, 0.2) is 0 Å². The molecule has 1 rings (SSSR count). The summed E-state index contributed by atoms with van der Waals surface area (Å²) in [4.78, 5) is 15.7. The number of rotatable bonds is 19. The van der Waals surface area contributed by atoms with E-state index in [0.29, 0.717) is 0 Å². The molecule has 0 bridgehead atoms. The van der Waals surface area contributed by atoms with Gasteiger partial charge in [-0.15, -0.1) is 35.3 Å². The molecule has 1 nitrogen and oxygen atoms in total. The quantitative estimate of drug-likeness (QED) is 0.117. The lowest BCUT2D eigenvalue weighted by Crippen LogP contribution is -1.93. The fourth-order valence-electron chi connectivity index (χ4n) is 3.15. The summed E-state index contributed by atoms with van der Waals surface area (Å²) >= 11 is 5.95. The Kier molecular flexibility index (Phi) is 17.4. The van der Waals surface area contributed by atoms with E-state index >= 15 is 0 Å². The minimum absolute atomic E-state index is 0.840. The minimum atomic E-state index is 0.840. The van der Waals surface area contributed by atoms with E-state index in [1.54, 1.807) is 0 Å². The number of hydrogen-bond acceptors (Lipinski definition) is 4. The van der Waals surface area contributed by atoms with Gasteiger partial charge in [0.1, 0.15) is 6.29 Å². The van der Waals surface area contributed by atoms with Crippen molar-refractivity contribution >= 4 is 41.6 Å². The highest BCUT2D eigenvalue weighted by molar-refractivity contribution is 8.03. The van der Waals surface area contributed by atoms with Gasteiger partial charge < -0.3 is 0 Å². The van der Waals surface area contributed by atoms with E-state index in [4.69, 9.17) is 0 Å². The van der Waals surface area contributed by atoms with Crippen LogP contribution in [0.2, 0.25) is 0 Å². The predicted molar refractivity (Wildman–Crippen MR) is 136 cm³/mol. The summed E-state index contributed by atoms with van der Waals surface area (Å²) in [6, 6.07) is 4.26. The van der Waals surface area contributed by atoms with Gasteiger partial charge in [0.2, 0.25) is 0 Å². The molecule has 29 heavy (non-hydrogen) atoms. The number of benzene rings is 1. The summed E-state index contributed by atoms with van der Waals surface area (Å²) in [5.41, 5.74) is 0.840. The zero-order valence-corrected chi connectivity index (χ0v) is 21.4. The van der Waals surface area contributed by atoms with Crippen LogP contribution in [0.15, 0.2) is 26.8 Å². The standard InChI is InChI=1S/C25H42OS3/c1-4-7-10-13-16-27-23-19-22(21-26)20-24(28-17-14-11-8-5-2)25(23)29-18-15-12-9-6-3/h19-21H,4-18H2,1-3H3. The van der Waals surface area contributed by atoms with E-state index in [2.05, 4.69) is 32.9 Å². The van der Waals surface area contributed by atoms with Gasteiger partial charge in [-0.2, -0.15) is 0 Å². The third-order valence-electron chi connectivity index (χ3n) is 4.93. The molecule has 1 aromatic carbocycles. The Balaban J connectivity index is 2.82. The first-order valence-electron chi connectivity index (χ1n) is 11.8. The lowest BCUT2D eigenvalue weighted by atomic mass is 10.2. The molecule has 0 saturated carbocycles. The average Bonchev–Trinajstić information content (AvgIpc) is 2.74. The van der Waals surface area contributed by atoms with Crippen LogP contribution in [0.25, 0.3) is 0 Å². The first-order chi connectivity index (χ1) is 14.3. The molecule has 0 atom stereocenters. The van der Waals surface area contributed by atoms with Crippen LogP contribution in [-0.2, 0) is 0 Å². The van der Waals surface area contributed by atoms with Gasteiger partial charge in [0, 0.05) is 20.2 Å². The summed E-state index contributed by atoms with van der Waals surface area (Å²) in [5.74, 6) is 3.51. The molecule has 0 heterocycles.